The van der Waals surface area contributed by atoms with E-state index in [4.69, 9.17) is 16.3 Å². The Kier molecular flexibility index (Phi) is 4.47. The van der Waals surface area contributed by atoms with Gasteiger partial charge in [-0.25, -0.2) is 0 Å². The third-order valence-electron chi connectivity index (χ3n) is 1.73. The zero-order valence-corrected chi connectivity index (χ0v) is 8.47. The summed E-state index contributed by atoms with van der Waals surface area (Å²) in [6.45, 7) is 0.879. The maximum atomic E-state index is 5.57. The lowest BCUT2D eigenvalue weighted by atomic mass is 10.3. The Labute approximate surface area is 83.9 Å². The summed E-state index contributed by atoms with van der Waals surface area (Å²) in [5.74, 6) is 1.55. The van der Waals surface area contributed by atoms with Gasteiger partial charge in [0.25, 0.3) is 0 Å². The van der Waals surface area contributed by atoms with Gasteiger partial charge in [0.1, 0.15) is 5.75 Å². The predicted molar refractivity (Wildman–Crippen MR) is 56.8 cm³/mol. The van der Waals surface area contributed by atoms with Crippen LogP contribution >= 0.6 is 11.6 Å². The van der Waals surface area contributed by atoms with E-state index in [0.717, 1.165) is 24.4 Å². The summed E-state index contributed by atoms with van der Waals surface area (Å²) in [6.07, 6.45) is 0.958. The number of para-hydroxylation sites is 2. The minimum Gasteiger partial charge on any atom is -0.495 e. The molecule has 0 fully saturated rings. The van der Waals surface area contributed by atoms with Crippen molar-refractivity contribution in [2.75, 3.05) is 24.9 Å². The number of alkyl halides is 1. The molecule has 0 amide bonds. The van der Waals surface area contributed by atoms with E-state index in [1.807, 2.05) is 24.3 Å². The van der Waals surface area contributed by atoms with E-state index in [-0.39, 0.29) is 0 Å². The van der Waals surface area contributed by atoms with Crippen LogP contribution in [0.25, 0.3) is 0 Å². The van der Waals surface area contributed by atoms with Crippen LogP contribution in [0, 0.1) is 0 Å². The van der Waals surface area contributed by atoms with Crippen LogP contribution in [0.3, 0.4) is 0 Å². The van der Waals surface area contributed by atoms with Gasteiger partial charge >= 0.3 is 0 Å². The fourth-order valence-electron chi connectivity index (χ4n) is 1.08. The molecule has 0 heterocycles. The van der Waals surface area contributed by atoms with Gasteiger partial charge in [-0.15, -0.1) is 11.6 Å². The average Bonchev–Trinajstić information content (AvgIpc) is 2.19. The minimum absolute atomic E-state index is 0.683. The number of anilines is 1. The first-order chi connectivity index (χ1) is 6.38. The van der Waals surface area contributed by atoms with E-state index in [1.54, 1.807) is 7.11 Å². The maximum absolute atomic E-state index is 5.57. The highest BCUT2D eigenvalue weighted by atomic mass is 35.5. The van der Waals surface area contributed by atoms with Gasteiger partial charge in [-0.2, -0.15) is 0 Å². The largest absolute Gasteiger partial charge is 0.495 e. The van der Waals surface area contributed by atoms with Crippen LogP contribution in [0.4, 0.5) is 5.69 Å². The summed E-state index contributed by atoms with van der Waals surface area (Å²) in [5, 5.41) is 3.26. The van der Waals surface area contributed by atoms with Crippen LogP contribution in [-0.4, -0.2) is 19.5 Å². The molecule has 2 nitrogen and oxygen atoms in total. The zero-order valence-electron chi connectivity index (χ0n) is 7.72. The fraction of sp³-hybridized carbons (Fsp3) is 0.400. The molecule has 0 aliphatic heterocycles. The van der Waals surface area contributed by atoms with Crippen LogP contribution < -0.4 is 10.1 Å². The van der Waals surface area contributed by atoms with Crippen LogP contribution in [0.5, 0.6) is 5.75 Å². The van der Waals surface area contributed by atoms with Crippen LogP contribution in [0.1, 0.15) is 6.42 Å². The van der Waals surface area contributed by atoms with E-state index in [1.165, 1.54) is 0 Å². The van der Waals surface area contributed by atoms with Gasteiger partial charge < -0.3 is 10.1 Å². The number of ether oxygens (including phenoxy) is 1. The molecule has 72 valence electrons. The van der Waals surface area contributed by atoms with E-state index in [2.05, 4.69) is 5.32 Å². The van der Waals surface area contributed by atoms with Crippen molar-refractivity contribution in [1.29, 1.82) is 0 Å². The van der Waals surface area contributed by atoms with E-state index >= 15 is 0 Å². The molecular formula is C10H14ClNO. The fourth-order valence-corrected chi connectivity index (χ4v) is 1.21. The second kappa shape index (κ2) is 5.70. The molecule has 1 aromatic carbocycles. The summed E-state index contributed by atoms with van der Waals surface area (Å²) >= 11 is 5.57. The third kappa shape index (κ3) is 3.15. The van der Waals surface area contributed by atoms with Crippen molar-refractivity contribution >= 4 is 17.3 Å². The first-order valence-electron chi connectivity index (χ1n) is 4.31. The SMILES string of the molecule is COc1ccccc1NCCCCl. The molecule has 13 heavy (non-hydrogen) atoms. The first-order valence-corrected chi connectivity index (χ1v) is 4.85. The predicted octanol–water partition coefficient (Wildman–Crippen LogP) is 2.74. The molecule has 0 unspecified atom stereocenters. The van der Waals surface area contributed by atoms with Crippen molar-refractivity contribution in [3.05, 3.63) is 24.3 Å². The van der Waals surface area contributed by atoms with Gasteiger partial charge in [0.05, 0.1) is 12.8 Å². The molecule has 0 radical (unpaired) electrons. The van der Waals surface area contributed by atoms with Crippen LogP contribution in [-0.2, 0) is 0 Å². The Morgan fingerprint density at radius 2 is 2.15 bits per heavy atom. The van der Waals surface area contributed by atoms with E-state index in [9.17, 15) is 0 Å². The van der Waals surface area contributed by atoms with Gasteiger partial charge in [0, 0.05) is 12.4 Å². The standard InChI is InChI=1S/C10H14ClNO/c1-13-10-6-3-2-5-9(10)12-8-4-7-11/h2-3,5-6,12H,4,7-8H2,1H3. The maximum Gasteiger partial charge on any atom is 0.141 e. The summed E-state index contributed by atoms with van der Waals surface area (Å²) in [5.41, 5.74) is 1.02. The zero-order chi connectivity index (χ0) is 9.52. The molecule has 0 bridgehead atoms. The van der Waals surface area contributed by atoms with Gasteiger partial charge in [0.15, 0.2) is 0 Å². The third-order valence-corrected chi connectivity index (χ3v) is 2.00. The Balaban J connectivity index is 2.54. The van der Waals surface area contributed by atoms with Crippen molar-refractivity contribution in [3.8, 4) is 5.75 Å². The van der Waals surface area contributed by atoms with E-state index in [0.29, 0.717) is 5.88 Å². The molecule has 0 spiro atoms. The second-order valence-electron chi connectivity index (χ2n) is 2.67. The Hall–Kier alpha value is -0.890. The van der Waals surface area contributed by atoms with Crippen molar-refractivity contribution in [2.24, 2.45) is 0 Å². The lowest BCUT2D eigenvalue weighted by molar-refractivity contribution is 0.416. The van der Waals surface area contributed by atoms with Crippen LogP contribution in [0.15, 0.2) is 24.3 Å². The van der Waals surface area contributed by atoms with E-state index < -0.39 is 0 Å². The lowest BCUT2D eigenvalue weighted by Crippen LogP contribution is -2.03. The van der Waals surface area contributed by atoms with Crippen molar-refractivity contribution in [1.82, 2.24) is 0 Å². The molecule has 0 aliphatic carbocycles. The normalized spacial score (nSPS) is 9.69. The summed E-state index contributed by atoms with van der Waals surface area (Å²) in [6, 6.07) is 7.85. The Morgan fingerprint density at radius 1 is 1.38 bits per heavy atom. The lowest BCUT2D eigenvalue weighted by Gasteiger charge is -2.09. The number of benzene rings is 1. The topological polar surface area (TPSA) is 21.3 Å². The quantitative estimate of drug-likeness (QED) is 0.582. The number of hydrogen-bond donors (Lipinski definition) is 1. The molecule has 1 aromatic rings. The first kappa shape index (κ1) is 10.2. The highest BCUT2D eigenvalue weighted by Crippen LogP contribution is 2.22. The molecule has 3 heteroatoms. The van der Waals surface area contributed by atoms with Crippen LogP contribution in [0.2, 0.25) is 0 Å². The number of halogens is 1. The second-order valence-corrected chi connectivity index (χ2v) is 3.05. The molecule has 0 aromatic heterocycles. The average molecular weight is 200 g/mol. The molecule has 0 atom stereocenters. The summed E-state index contributed by atoms with van der Waals surface area (Å²) < 4.78 is 5.18. The molecule has 0 aliphatic rings. The highest BCUT2D eigenvalue weighted by molar-refractivity contribution is 6.17. The minimum atomic E-state index is 0.683. The number of nitrogens with one attached hydrogen (secondary N) is 1. The monoisotopic (exact) mass is 199 g/mol. The Bertz CT molecular complexity index is 252. The van der Waals surface area contributed by atoms with Crippen molar-refractivity contribution < 1.29 is 4.74 Å². The Morgan fingerprint density at radius 3 is 2.85 bits per heavy atom. The summed E-state index contributed by atoms with van der Waals surface area (Å²) in [7, 11) is 1.67. The van der Waals surface area contributed by atoms with Gasteiger partial charge in [0.2, 0.25) is 0 Å². The van der Waals surface area contributed by atoms with Gasteiger partial charge in [-0.05, 0) is 18.6 Å². The smallest absolute Gasteiger partial charge is 0.141 e. The van der Waals surface area contributed by atoms with Crippen molar-refractivity contribution in [2.45, 2.75) is 6.42 Å². The molecule has 1 rings (SSSR count). The summed E-state index contributed by atoms with van der Waals surface area (Å²) in [4.78, 5) is 0. The van der Waals surface area contributed by atoms with Gasteiger partial charge in [-0.1, -0.05) is 12.1 Å². The molecule has 0 saturated heterocycles. The molecule has 1 N–H and O–H groups in total. The number of rotatable bonds is 5. The number of methoxy groups -OCH3 is 1. The van der Waals surface area contributed by atoms with Gasteiger partial charge in [-0.3, -0.25) is 0 Å². The highest BCUT2D eigenvalue weighted by Gasteiger charge is 1.98. The molecule has 0 saturated carbocycles. The number of hydrogen-bond acceptors (Lipinski definition) is 2. The molecular weight excluding hydrogens is 186 g/mol. The van der Waals surface area contributed by atoms with Crippen molar-refractivity contribution in [3.63, 3.8) is 0 Å².